The lowest BCUT2D eigenvalue weighted by Crippen LogP contribution is -2.53. The van der Waals surface area contributed by atoms with Crippen LogP contribution in [-0.4, -0.2) is 61.0 Å². The lowest BCUT2D eigenvalue weighted by molar-refractivity contribution is -0.123. The summed E-state index contributed by atoms with van der Waals surface area (Å²) >= 11 is 0. The van der Waals surface area contributed by atoms with Crippen LogP contribution in [0.1, 0.15) is 59.4 Å². The summed E-state index contributed by atoms with van der Waals surface area (Å²) in [5.41, 5.74) is 2.03. The van der Waals surface area contributed by atoms with Crippen LogP contribution < -0.4 is 4.90 Å². The number of piperidine rings is 1. The van der Waals surface area contributed by atoms with Gasteiger partial charge >= 0.3 is 0 Å². The van der Waals surface area contributed by atoms with Crippen molar-refractivity contribution in [3.8, 4) is 0 Å². The second-order valence-corrected chi connectivity index (χ2v) is 11.6. The molecule has 2 aromatic rings. The molecule has 9 heteroatoms. The van der Waals surface area contributed by atoms with Crippen LogP contribution >= 0.6 is 0 Å². The standard InChI is InChI=1S/C26H29N3O5S/c1-17(2)23(29-24(30)20-8-4-5-9-21(20)25(29)31)26(32)28-15-12-18-16-19(10-11-22(18)28)35(33,34)27-13-6-3-7-14-27/h4-5,8-11,16-17,23H,3,6-7,12-15H2,1-2H3. The molecule has 0 saturated carbocycles. The number of carbonyl (C=O) groups excluding carboxylic acids is 3. The van der Waals surface area contributed by atoms with Crippen LogP contribution in [-0.2, 0) is 21.2 Å². The Morgan fingerprint density at radius 1 is 0.886 bits per heavy atom. The van der Waals surface area contributed by atoms with Gasteiger partial charge < -0.3 is 4.90 Å². The fourth-order valence-electron chi connectivity index (χ4n) is 5.34. The first-order valence-corrected chi connectivity index (χ1v) is 13.6. The zero-order valence-electron chi connectivity index (χ0n) is 19.9. The van der Waals surface area contributed by atoms with Crippen LogP contribution in [0.4, 0.5) is 5.69 Å². The number of fused-ring (bicyclic) bond motifs is 2. The molecule has 3 aliphatic rings. The van der Waals surface area contributed by atoms with E-state index >= 15 is 0 Å². The number of hydrogen-bond acceptors (Lipinski definition) is 5. The van der Waals surface area contributed by atoms with Gasteiger partial charge in [-0.1, -0.05) is 32.4 Å². The zero-order chi connectivity index (χ0) is 24.9. The molecule has 1 atom stereocenters. The highest BCUT2D eigenvalue weighted by Crippen LogP contribution is 2.35. The minimum Gasteiger partial charge on any atom is -0.310 e. The molecule has 1 fully saturated rings. The number of amides is 3. The lowest BCUT2D eigenvalue weighted by Gasteiger charge is -2.32. The molecule has 0 aliphatic carbocycles. The Balaban J connectivity index is 1.43. The van der Waals surface area contributed by atoms with Gasteiger partial charge in [0.05, 0.1) is 16.0 Å². The van der Waals surface area contributed by atoms with Crippen LogP contribution in [0.3, 0.4) is 0 Å². The van der Waals surface area contributed by atoms with Gasteiger partial charge in [-0.2, -0.15) is 4.31 Å². The number of hydrogen-bond donors (Lipinski definition) is 0. The van der Waals surface area contributed by atoms with Crippen molar-refractivity contribution in [3.05, 3.63) is 59.2 Å². The van der Waals surface area contributed by atoms with Gasteiger partial charge in [-0.05, 0) is 61.1 Å². The highest BCUT2D eigenvalue weighted by atomic mass is 32.2. The summed E-state index contributed by atoms with van der Waals surface area (Å²) in [5, 5.41) is 0. The van der Waals surface area contributed by atoms with E-state index in [9.17, 15) is 22.8 Å². The highest BCUT2D eigenvalue weighted by Gasteiger charge is 2.46. The van der Waals surface area contributed by atoms with Gasteiger partial charge in [-0.25, -0.2) is 8.42 Å². The predicted octanol–water partition coefficient (Wildman–Crippen LogP) is 3.07. The van der Waals surface area contributed by atoms with Crippen molar-refractivity contribution in [1.82, 2.24) is 9.21 Å². The van der Waals surface area contributed by atoms with Crippen LogP contribution in [0.25, 0.3) is 0 Å². The summed E-state index contributed by atoms with van der Waals surface area (Å²) in [6, 6.07) is 10.6. The van der Waals surface area contributed by atoms with E-state index in [2.05, 4.69) is 0 Å². The fraction of sp³-hybridized carbons (Fsp3) is 0.423. The molecule has 0 spiro atoms. The Bertz CT molecular complexity index is 1280. The van der Waals surface area contributed by atoms with Crippen LogP contribution in [0.2, 0.25) is 0 Å². The Labute approximate surface area is 205 Å². The topological polar surface area (TPSA) is 95.1 Å². The van der Waals surface area contributed by atoms with Crippen molar-refractivity contribution < 1.29 is 22.8 Å². The number of imide groups is 1. The van der Waals surface area contributed by atoms with E-state index in [-0.39, 0.29) is 16.7 Å². The maximum Gasteiger partial charge on any atom is 0.262 e. The first-order chi connectivity index (χ1) is 16.7. The lowest BCUT2D eigenvalue weighted by atomic mass is 10.0. The van der Waals surface area contributed by atoms with Crippen molar-refractivity contribution in [2.24, 2.45) is 5.92 Å². The number of anilines is 1. The van der Waals surface area contributed by atoms with Crippen molar-refractivity contribution in [2.45, 2.75) is 50.5 Å². The average molecular weight is 496 g/mol. The number of benzene rings is 2. The molecule has 8 nitrogen and oxygen atoms in total. The number of rotatable bonds is 5. The third-order valence-electron chi connectivity index (χ3n) is 7.15. The van der Waals surface area contributed by atoms with Crippen LogP contribution in [0, 0.1) is 5.92 Å². The van der Waals surface area contributed by atoms with Crippen molar-refractivity contribution in [1.29, 1.82) is 0 Å². The summed E-state index contributed by atoms with van der Waals surface area (Å²) in [5.74, 6) is -1.55. The number of nitrogens with zero attached hydrogens (tertiary/aromatic N) is 3. The van der Waals surface area contributed by atoms with E-state index in [0.29, 0.717) is 42.9 Å². The molecular weight excluding hydrogens is 466 g/mol. The van der Waals surface area contributed by atoms with Gasteiger partial charge in [0, 0.05) is 25.3 Å². The molecule has 0 radical (unpaired) electrons. The molecule has 2 aromatic carbocycles. The molecule has 0 N–H and O–H groups in total. The molecule has 184 valence electrons. The summed E-state index contributed by atoms with van der Waals surface area (Å²) in [6.45, 7) is 5.06. The molecular formula is C26H29N3O5S. The summed E-state index contributed by atoms with van der Waals surface area (Å²) in [4.78, 5) is 42.9. The van der Waals surface area contributed by atoms with E-state index in [1.54, 1.807) is 47.4 Å². The zero-order valence-corrected chi connectivity index (χ0v) is 20.8. The predicted molar refractivity (Wildman–Crippen MR) is 131 cm³/mol. The Hall–Kier alpha value is -3.04. The smallest absolute Gasteiger partial charge is 0.262 e. The summed E-state index contributed by atoms with van der Waals surface area (Å²) < 4.78 is 27.8. The molecule has 1 unspecified atom stereocenters. The van der Waals surface area contributed by atoms with E-state index < -0.39 is 27.9 Å². The van der Waals surface area contributed by atoms with Crippen LogP contribution in [0.15, 0.2) is 47.4 Å². The second kappa shape index (κ2) is 8.87. The van der Waals surface area contributed by atoms with Gasteiger partial charge in [0.25, 0.3) is 17.7 Å². The van der Waals surface area contributed by atoms with Gasteiger partial charge in [0.15, 0.2) is 0 Å². The minimum atomic E-state index is -3.58. The molecule has 1 saturated heterocycles. The first-order valence-electron chi connectivity index (χ1n) is 12.1. The van der Waals surface area contributed by atoms with E-state index in [1.807, 2.05) is 13.8 Å². The Morgan fingerprint density at radius 3 is 2.11 bits per heavy atom. The Kier molecular flexibility index (Phi) is 6.01. The molecule has 0 bridgehead atoms. The number of sulfonamides is 1. The second-order valence-electron chi connectivity index (χ2n) is 9.71. The molecule has 35 heavy (non-hydrogen) atoms. The van der Waals surface area contributed by atoms with Crippen molar-refractivity contribution in [3.63, 3.8) is 0 Å². The maximum absolute atomic E-state index is 13.8. The van der Waals surface area contributed by atoms with Crippen molar-refractivity contribution in [2.75, 3.05) is 24.5 Å². The number of carbonyl (C=O) groups is 3. The average Bonchev–Trinajstić information content (AvgIpc) is 3.39. The molecule has 5 rings (SSSR count). The third-order valence-corrected chi connectivity index (χ3v) is 9.05. The summed E-state index contributed by atoms with van der Waals surface area (Å²) in [7, 11) is -3.58. The van der Waals surface area contributed by atoms with E-state index in [4.69, 9.17) is 0 Å². The SMILES string of the molecule is CC(C)C(C(=O)N1CCc2cc(S(=O)(=O)N3CCCCC3)ccc21)N1C(=O)c2ccccc2C1=O. The maximum atomic E-state index is 13.8. The first kappa shape index (κ1) is 23.7. The molecule has 0 aromatic heterocycles. The van der Waals surface area contributed by atoms with Gasteiger partial charge in [0.2, 0.25) is 10.0 Å². The largest absolute Gasteiger partial charge is 0.310 e. The summed E-state index contributed by atoms with van der Waals surface area (Å²) in [6.07, 6.45) is 3.27. The Morgan fingerprint density at radius 2 is 1.51 bits per heavy atom. The van der Waals surface area contributed by atoms with Crippen molar-refractivity contribution >= 4 is 33.4 Å². The van der Waals surface area contributed by atoms with Gasteiger partial charge in [-0.3, -0.25) is 19.3 Å². The fourth-order valence-corrected chi connectivity index (χ4v) is 6.90. The quantitative estimate of drug-likeness (QED) is 0.594. The normalized spacial score (nSPS) is 19.3. The third kappa shape index (κ3) is 3.87. The molecule has 3 aliphatic heterocycles. The van der Waals surface area contributed by atoms with Gasteiger partial charge in [-0.15, -0.1) is 0 Å². The molecule has 3 amide bonds. The highest BCUT2D eigenvalue weighted by molar-refractivity contribution is 7.89. The molecule has 3 heterocycles. The van der Waals surface area contributed by atoms with Gasteiger partial charge in [0.1, 0.15) is 6.04 Å². The minimum absolute atomic E-state index is 0.244. The monoisotopic (exact) mass is 495 g/mol. The van der Waals surface area contributed by atoms with E-state index in [0.717, 1.165) is 29.7 Å². The van der Waals surface area contributed by atoms with E-state index in [1.165, 1.54) is 4.31 Å². The van der Waals surface area contributed by atoms with Crippen LogP contribution in [0.5, 0.6) is 0 Å².